The van der Waals surface area contributed by atoms with E-state index in [9.17, 15) is 0 Å². The molecule has 0 spiro atoms. The molecule has 0 bridgehead atoms. The molecule has 12 aromatic rings. The fourth-order valence-corrected chi connectivity index (χ4v) is 8.97. The molecular formula is C56H36N6. The fraction of sp³-hybridized carbons (Fsp3) is 0. The van der Waals surface area contributed by atoms with E-state index in [-0.39, 0.29) is 0 Å². The summed E-state index contributed by atoms with van der Waals surface area (Å²) < 4.78 is 4.78. The highest BCUT2D eigenvalue weighted by Gasteiger charge is 2.18. The smallest absolute Gasteiger partial charge is 0.0725 e. The van der Waals surface area contributed by atoms with Crippen LogP contribution in [0.3, 0.4) is 0 Å². The molecule has 6 aromatic heterocycles. The molecule has 0 N–H and O–H groups in total. The number of aromatic nitrogens is 6. The standard InChI is InChI=1S/C56H36N6/c1-3-13-43(14-4-1)61-53-31-37(21-25-45(53)47-27-23-39(33-55(47)61)49-17-7-19-51(59-49)41-11-9-29-57-35-41)38-22-26-46-48-28-24-40(50-18-8-20-52(60-50)42-12-10-30-58-36-42)34-56(48)62(54(46)32-38)44-15-5-2-6-16-44/h1-36H. The van der Waals surface area contributed by atoms with Crippen LogP contribution in [0.15, 0.2) is 219 Å². The maximum atomic E-state index is 5.08. The van der Waals surface area contributed by atoms with Gasteiger partial charge in [-0.1, -0.05) is 97.1 Å². The normalized spacial score (nSPS) is 11.5. The van der Waals surface area contributed by atoms with Crippen molar-refractivity contribution in [3.8, 4) is 67.5 Å². The predicted octanol–water partition coefficient (Wildman–Crippen LogP) is 13.8. The molecule has 0 unspecified atom stereocenters. The average Bonchev–Trinajstić information content (AvgIpc) is 3.86. The molecule has 6 heterocycles. The minimum absolute atomic E-state index is 0.899. The van der Waals surface area contributed by atoms with Crippen LogP contribution in [0.5, 0.6) is 0 Å². The van der Waals surface area contributed by atoms with Crippen molar-refractivity contribution in [2.24, 2.45) is 0 Å². The summed E-state index contributed by atoms with van der Waals surface area (Å²) in [6, 6.07) is 68.9. The van der Waals surface area contributed by atoms with Gasteiger partial charge in [0.25, 0.3) is 0 Å². The molecule has 0 aliphatic carbocycles. The first-order chi connectivity index (χ1) is 30.7. The van der Waals surface area contributed by atoms with Gasteiger partial charge >= 0.3 is 0 Å². The zero-order valence-corrected chi connectivity index (χ0v) is 33.5. The fourth-order valence-electron chi connectivity index (χ4n) is 8.97. The van der Waals surface area contributed by atoms with Crippen LogP contribution >= 0.6 is 0 Å². The average molecular weight is 793 g/mol. The molecule has 0 amide bonds. The van der Waals surface area contributed by atoms with Crippen LogP contribution < -0.4 is 0 Å². The Hall–Kier alpha value is -8.48. The number of pyridine rings is 4. The summed E-state index contributed by atoms with van der Waals surface area (Å²) in [6.45, 7) is 0. The second-order valence-corrected chi connectivity index (χ2v) is 15.6. The number of benzene rings is 6. The van der Waals surface area contributed by atoms with E-state index in [1.165, 1.54) is 21.5 Å². The Bertz CT molecular complexity index is 3370. The molecule has 0 saturated carbocycles. The molecule has 0 fully saturated rings. The van der Waals surface area contributed by atoms with E-state index in [1.807, 2.05) is 48.8 Å². The van der Waals surface area contributed by atoms with Crippen LogP contribution in [0.1, 0.15) is 0 Å². The minimum Gasteiger partial charge on any atom is -0.309 e. The topological polar surface area (TPSA) is 61.4 Å². The van der Waals surface area contributed by atoms with Crippen molar-refractivity contribution in [2.75, 3.05) is 0 Å². The van der Waals surface area contributed by atoms with E-state index < -0.39 is 0 Å². The van der Waals surface area contributed by atoms with Crippen LogP contribution in [0.4, 0.5) is 0 Å². The number of para-hydroxylation sites is 2. The molecule has 6 heteroatoms. The lowest BCUT2D eigenvalue weighted by atomic mass is 10.0. The van der Waals surface area contributed by atoms with E-state index >= 15 is 0 Å². The van der Waals surface area contributed by atoms with Crippen molar-refractivity contribution in [2.45, 2.75) is 0 Å². The molecule has 6 nitrogen and oxygen atoms in total. The Morgan fingerprint density at radius 2 is 0.629 bits per heavy atom. The number of hydrogen-bond donors (Lipinski definition) is 0. The lowest BCUT2D eigenvalue weighted by molar-refractivity contribution is 1.18. The molecule has 12 rings (SSSR count). The summed E-state index contributed by atoms with van der Waals surface area (Å²) in [5.41, 5.74) is 16.8. The van der Waals surface area contributed by atoms with Crippen LogP contribution in [0.25, 0.3) is 111 Å². The van der Waals surface area contributed by atoms with Crippen LogP contribution in [0.2, 0.25) is 0 Å². The SMILES string of the molecule is c1ccc(-n2c3cc(-c4ccc5c6ccc(-c7cccc(-c8cccnc8)n7)cc6n(-c6ccccc6)c5c4)ccc3c3ccc(-c4cccc(-c5cccnc5)n4)cc32)cc1. The highest BCUT2D eigenvalue weighted by molar-refractivity contribution is 6.13. The Labute approximate surface area is 357 Å². The summed E-state index contributed by atoms with van der Waals surface area (Å²) in [5, 5.41) is 4.78. The Morgan fingerprint density at radius 1 is 0.274 bits per heavy atom. The van der Waals surface area contributed by atoms with Crippen molar-refractivity contribution in [3.05, 3.63) is 219 Å². The van der Waals surface area contributed by atoms with Crippen LogP contribution in [0, 0.1) is 0 Å². The minimum atomic E-state index is 0.899. The van der Waals surface area contributed by atoms with E-state index in [0.717, 1.165) is 89.6 Å². The molecule has 290 valence electrons. The van der Waals surface area contributed by atoms with Gasteiger partial charge in [-0.2, -0.15) is 0 Å². The summed E-state index contributed by atoms with van der Waals surface area (Å²) in [5.74, 6) is 0. The Balaban J connectivity index is 1.01. The summed E-state index contributed by atoms with van der Waals surface area (Å²) in [7, 11) is 0. The van der Waals surface area contributed by atoms with Gasteiger partial charge in [0.2, 0.25) is 0 Å². The summed E-state index contributed by atoms with van der Waals surface area (Å²) >= 11 is 0. The van der Waals surface area contributed by atoms with Crippen molar-refractivity contribution in [1.29, 1.82) is 0 Å². The quantitative estimate of drug-likeness (QED) is 0.161. The first kappa shape index (κ1) is 35.5. The second-order valence-electron chi connectivity index (χ2n) is 15.6. The lowest BCUT2D eigenvalue weighted by Gasteiger charge is -2.11. The molecule has 0 radical (unpaired) electrons. The van der Waals surface area contributed by atoms with Gasteiger partial charge in [0, 0.05) is 80.0 Å². The van der Waals surface area contributed by atoms with Crippen molar-refractivity contribution in [1.82, 2.24) is 29.1 Å². The maximum absolute atomic E-state index is 5.08. The van der Waals surface area contributed by atoms with Gasteiger partial charge in [-0.05, 0) is 108 Å². The van der Waals surface area contributed by atoms with Gasteiger partial charge in [-0.25, -0.2) is 9.97 Å². The molecule has 0 aliphatic rings. The highest BCUT2D eigenvalue weighted by atomic mass is 15.0. The zero-order valence-electron chi connectivity index (χ0n) is 33.5. The predicted molar refractivity (Wildman–Crippen MR) is 253 cm³/mol. The number of fused-ring (bicyclic) bond motifs is 6. The number of rotatable bonds is 7. The zero-order chi connectivity index (χ0) is 41.0. The molecule has 62 heavy (non-hydrogen) atoms. The van der Waals surface area contributed by atoms with Gasteiger partial charge in [-0.15, -0.1) is 0 Å². The number of nitrogens with zero attached hydrogens (tertiary/aromatic N) is 6. The highest BCUT2D eigenvalue weighted by Crippen LogP contribution is 2.40. The molecule has 0 saturated heterocycles. The van der Waals surface area contributed by atoms with E-state index in [0.29, 0.717) is 0 Å². The monoisotopic (exact) mass is 792 g/mol. The first-order valence-electron chi connectivity index (χ1n) is 20.8. The molecule has 0 atom stereocenters. The van der Waals surface area contributed by atoms with Crippen molar-refractivity contribution < 1.29 is 0 Å². The second kappa shape index (κ2) is 14.7. The summed E-state index contributed by atoms with van der Waals surface area (Å²) in [6.07, 6.45) is 7.30. The van der Waals surface area contributed by atoms with Crippen molar-refractivity contribution >= 4 is 43.6 Å². The molecular weight excluding hydrogens is 757 g/mol. The molecule has 0 aliphatic heterocycles. The van der Waals surface area contributed by atoms with Gasteiger partial charge in [-0.3, -0.25) is 9.97 Å². The van der Waals surface area contributed by atoms with Crippen molar-refractivity contribution in [3.63, 3.8) is 0 Å². The van der Waals surface area contributed by atoms with E-state index in [4.69, 9.17) is 9.97 Å². The van der Waals surface area contributed by atoms with Gasteiger partial charge in [0.15, 0.2) is 0 Å². The largest absolute Gasteiger partial charge is 0.309 e. The first-order valence-corrected chi connectivity index (χ1v) is 20.8. The van der Waals surface area contributed by atoms with E-state index in [1.54, 1.807) is 12.4 Å². The van der Waals surface area contributed by atoms with Gasteiger partial charge in [0.1, 0.15) is 0 Å². The molecule has 6 aromatic carbocycles. The maximum Gasteiger partial charge on any atom is 0.0725 e. The number of hydrogen-bond acceptors (Lipinski definition) is 4. The summed E-state index contributed by atoms with van der Waals surface area (Å²) in [4.78, 5) is 18.8. The third-order valence-corrected chi connectivity index (χ3v) is 11.9. The Kier molecular flexibility index (Phi) is 8.38. The van der Waals surface area contributed by atoms with Crippen LogP contribution in [-0.4, -0.2) is 29.1 Å². The Morgan fingerprint density at radius 3 is 1.00 bits per heavy atom. The van der Waals surface area contributed by atoms with E-state index in [2.05, 4.69) is 177 Å². The third-order valence-electron chi connectivity index (χ3n) is 11.9. The lowest BCUT2D eigenvalue weighted by Crippen LogP contribution is -1.95. The van der Waals surface area contributed by atoms with Crippen LogP contribution in [-0.2, 0) is 0 Å². The third kappa shape index (κ3) is 6.04. The van der Waals surface area contributed by atoms with Gasteiger partial charge < -0.3 is 9.13 Å². The van der Waals surface area contributed by atoms with Gasteiger partial charge in [0.05, 0.1) is 44.8 Å².